The molecule has 0 spiro atoms. The number of hydrogen-bond acceptors (Lipinski definition) is 5. The lowest BCUT2D eigenvalue weighted by Gasteiger charge is -2.16. The molecule has 0 aliphatic heterocycles. The lowest BCUT2D eigenvalue weighted by molar-refractivity contribution is -0.124. The number of hydrogen-bond donors (Lipinski definition) is 1. The van der Waals surface area contributed by atoms with Crippen molar-refractivity contribution in [3.05, 3.63) is 58.6 Å². The molecular weight excluding hydrogens is 382 g/mol. The van der Waals surface area contributed by atoms with Crippen LogP contribution in [0.1, 0.15) is 28.8 Å². The number of halogens is 1. The van der Waals surface area contributed by atoms with Crippen molar-refractivity contribution in [2.75, 3.05) is 27.4 Å². The Morgan fingerprint density at radius 3 is 2.43 bits per heavy atom. The van der Waals surface area contributed by atoms with Crippen LogP contribution in [0.2, 0.25) is 5.02 Å². The van der Waals surface area contributed by atoms with Crippen LogP contribution in [0.4, 0.5) is 0 Å². The number of carbonyl (C=O) groups is 2. The Bertz CT molecular complexity index is 865. The van der Waals surface area contributed by atoms with E-state index in [4.69, 9.17) is 25.8 Å². The predicted molar refractivity (Wildman–Crippen MR) is 105 cm³/mol. The second-order valence-electron chi connectivity index (χ2n) is 6.69. The average Bonchev–Trinajstić information content (AvgIpc) is 3.51. The van der Waals surface area contributed by atoms with Crippen LogP contribution in [0.3, 0.4) is 0 Å². The maximum atomic E-state index is 12.2. The highest BCUT2D eigenvalue weighted by atomic mass is 35.5. The SMILES string of the molecule is COc1cc(C(=O)OCC(=O)NCC2(c3ccccc3)CC2)cc(Cl)c1OC. The number of nitrogens with one attached hydrogen (secondary N) is 1. The number of rotatable bonds is 8. The fourth-order valence-electron chi connectivity index (χ4n) is 3.08. The number of carbonyl (C=O) groups excluding carboxylic acids is 2. The Balaban J connectivity index is 1.54. The smallest absolute Gasteiger partial charge is 0.338 e. The van der Waals surface area contributed by atoms with Gasteiger partial charge in [-0.05, 0) is 30.5 Å². The topological polar surface area (TPSA) is 73.9 Å². The summed E-state index contributed by atoms with van der Waals surface area (Å²) >= 11 is 6.09. The standard InChI is InChI=1S/C21H22ClNO5/c1-26-17-11-14(10-16(22)19(17)27-2)20(25)28-12-18(24)23-13-21(8-9-21)15-6-4-3-5-7-15/h3-7,10-11H,8-9,12-13H2,1-2H3,(H,23,24). The molecule has 6 nitrogen and oxygen atoms in total. The first kappa shape index (κ1) is 20.0. The van der Waals surface area contributed by atoms with Crippen LogP contribution in [-0.2, 0) is 14.9 Å². The summed E-state index contributed by atoms with van der Waals surface area (Å²) in [6.07, 6.45) is 2.06. The number of ether oxygens (including phenoxy) is 3. The third-order valence-corrected chi connectivity index (χ3v) is 5.15. The third kappa shape index (κ3) is 4.39. The highest BCUT2D eigenvalue weighted by Gasteiger charge is 2.44. The molecule has 0 saturated heterocycles. The van der Waals surface area contributed by atoms with E-state index in [0.29, 0.717) is 18.0 Å². The molecule has 0 bridgehead atoms. The van der Waals surface area contributed by atoms with E-state index in [1.54, 1.807) is 0 Å². The van der Waals surface area contributed by atoms with Crippen LogP contribution in [0.25, 0.3) is 0 Å². The van der Waals surface area contributed by atoms with E-state index in [0.717, 1.165) is 12.8 Å². The normalized spacial score (nSPS) is 14.1. The van der Waals surface area contributed by atoms with E-state index in [1.165, 1.54) is 31.9 Å². The molecule has 0 radical (unpaired) electrons. The van der Waals surface area contributed by atoms with Crippen molar-refractivity contribution in [3.63, 3.8) is 0 Å². The molecule has 148 valence electrons. The van der Waals surface area contributed by atoms with E-state index in [-0.39, 0.29) is 28.5 Å². The van der Waals surface area contributed by atoms with Crippen molar-refractivity contribution >= 4 is 23.5 Å². The van der Waals surface area contributed by atoms with Gasteiger partial charge in [-0.25, -0.2) is 4.79 Å². The van der Waals surface area contributed by atoms with E-state index >= 15 is 0 Å². The van der Waals surface area contributed by atoms with Gasteiger partial charge < -0.3 is 19.5 Å². The zero-order chi connectivity index (χ0) is 20.1. The van der Waals surface area contributed by atoms with Gasteiger partial charge in [0.15, 0.2) is 18.1 Å². The first-order valence-electron chi connectivity index (χ1n) is 8.90. The Kier molecular flexibility index (Phi) is 6.09. The van der Waals surface area contributed by atoms with Gasteiger partial charge in [0.25, 0.3) is 5.91 Å². The van der Waals surface area contributed by atoms with Crippen molar-refractivity contribution in [2.45, 2.75) is 18.3 Å². The van der Waals surface area contributed by atoms with Crippen LogP contribution in [0.15, 0.2) is 42.5 Å². The van der Waals surface area contributed by atoms with Crippen molar-refractivity contribution < 1.29 is 23.8 Å². The van der Waals surface area contributed by atoms with E-state index < -0.39 is 5.97 Å². The molecule has 1 amide bonds. The summed E-state index contributed by atoms with van der Waals surface area (Å²) in [6.45, 7) is 0.158. The fraction of sp³-hybridized carbons (Fsp3) is 0.333. The Morgan fingerprint density at radius 1 is 1.11 bits per heavy atom. The van der Waals surface area contributed by atoms with Gasteiger partial charge >= 0.3 is 5.97 Å². The molecule has 0 atom stereocenters. The Morgan fingerprint density at radius 2 is 1.82 bits per heavy atom. The maximum Gasteiger partial charge on any atom is 0.338 e. The third-order valence-electron chi connectivity index (χ3n) is 4.87. The van der Waals surface area contributed by atoms with Crippen molar-refractivity contribution in [1.82, 2.24) is 5.32 Å². The fourth-order valence-corrected chi connectivity index (χ4v) is 3.37. The Labute approximate surface area is 168 Å². The van der Waals surface area contributed by atoms with E-state index in [9.17, 15) is 9.59 Å². The summed E-state index contributed by atoms with van der Waals surface area (Å²) < 4.78 is 15.4. The molecule has 7 heteroatoms. The van der Waals surface area contributed by atoms with Crippen LogP contribution < -0.4 is 14.8 Å². The zero-order valence-electron chi connectivity index (χ0n) is 15.8. The minimum atomic E-state index is -0.665. The van der Waals surface area contributed by atoms with Crippen LogP contribution in [0, 0.1) is 0 Å². The van der Waals surface area contributed by atoms with Gasteiger partial charge in [-0.15, -0.1) is 0 Å². The van der Waals surface area contributed by atoms with Crippen LogP contribution in [-0.4, -0.2) is 39.2 Å². The van der Waals surface area contributed by atoms with Crippen molar-refractivity contribution in [2.24, 2.45) is 0 Å². The first-order valence-corrected chi connectivity index (χ1v) is 9.28. The van der Waals surface area contributed by atoms with E-state index in [1.807, 2.05) is 18.2 Å². The molecule has 0 heterocycles. The largest absolute Gasteiger partial charge is 0.493 e. The second kappa shape index (κ2) is 8.52. The van der Waals surface area contributed by atoms with Crippen molar-refractivity contribution in [3.8, 4) is 11.5 Å². The summed E-state index contributed by atoms with van der Waals surface area (Å²) in [5.41, 5.74) is 1.39. The monoisotopic (exact) mass is 403 g/mol. The summed E-state index contributed by atoms with van der Waals surface area (Å²) in [5.74, 6) is -0.372. The molecule has 3 rings (SSSR count). The summed E-state index contributed by atoms with van der Waals surface area (Å²) in [7, 11) is 2.89. The number of esters is 1. The van der Waals surface area contributed by atoms with E-state index in [2.05, 4.69) is 17.4 Å². The van der Waals surface area contributed by atoms with Gasteiger partial charge in [-0.1, -0.05) is 41.9 Å². The quantitative estimate of drug-likeness (QED) is 0.684. The minimum Gasteiger partial charge on any atom is -0.493 e. The van der Waals surface area contributed by atoms with Gasteiger partial charge in [0.05, 0.1) is 24.8 Å². The molecule has 1 aliphatic carbocycles. The lowest BCUT2D eigenvalue weighted by Crippen LogP contribution is -2.35. The second-order valence-corrected chi connectivity index (χ2v) is 7.10. The molecule has 2 aromatic rings. The molecule has 1 saturated carbocycles. The highest BCUT2D eigenvalue weighted by molar-refractivity contribution is 6.32. The molecular formula is C21H22ClNO5. The number of methoxy groups -OCH3 is 2. The molecule has 2 aromatic carbocycles. The lowest BCUT2D eigenvalue weighted by atomic mass is 9.96. The number of benzene rings is 2. The average molecular weight is 404 g/mol. The molecule has 28 heavy (non-hydrogen) atoms. The summed E-state index contributed by atoms with van der Waals surface area (Å²) in [4.78, 5) is 24.4. The highest BCUT2D eigenvalue weighted by Crippen LogP contribution is 2.47. The van der Waals surface area contributed by atoms with Gasteiger partial charge in [-0.3, -0.25) is 4.79 Å². The minimum absolute atomic E-state index is 0.00218. The van der Waals surface area contributed by atoms with Gasteiger partial charge in [-0.2, -0.15) is 0 Å². The predicted octanol–water partition coefficient (Wildman–Crippen LogP) is 3.36. The zero-order valence-corrected chi connectivity index (χ0v) is 16.5. The summed E-state index contributed by atoms with van der Waals surface area (Å²) in [5, 5.41) is 3.08. The molecule has 1 aliphatic rings. The van der Waals surface area contributed by atoms with Gasteiger partial charge in [0, 0.05) is 12.0 Å². The maximum absolute atomic E-state index is 12.2. The van der Waals surface area contributed by atoms with Crippen LogP contribution >= 0.6 is 11.6 Å². The van der Waals surface area contributed by atoms with Crippen LogP contribution in [0.5, 0.6) is 11.5 Å². The molecule has 0 unspecified atom stereocenters. The summed E-state index contributed by atoms with van der Waals surface area (Å²) in [6, 6.07) is 13.0. The van der Waals surface area contributed by atoms with Gasteiger partial charge in [0.1, 0.15) is 0 Å². The molecule has 1 fully saturated rings. The van der Waals surface area contributed by atoms with Gasteiger partial charge in [0.2, 0.25) is 0 Å². The number of amides is 1. The van der Waals surface area contributed by atoms with Crippen molar-refractivity contribution in [1.29, 1.82) is 0 Å². The molecule has 0 aromatic heterocycles. The molecule has 1 N–H and O–H groups in total. The first-order chi connectivity index (χ1) is 13.5. The Hall–Kier alpha value is -2.73.